The van der Waals surface area contributed by atoms with Gasteiger partial charge in [-0.2, -0.15) is 0 Å². The lowest BCUT2D eigenvalue weighted by Crippen LogP contribution is -3.00. The predicted octanol–water partition coefficient (Wildman–Crippen LogP) is -1.72. The van der Waals surface area contributed by atoms with Crippen LogP contribution >= 0.6 is 0 Å². The summed E-state index contributed by atoms with van der Waals surface area (Å²) in [6, 6.07) is 10.0. The maximum atomic E-state index is 10.8. The maximum absolute atomic E-state index is 10.8. The molecule has 2 heterocycles. The molecule has 1 atom stereocenters. The van der Waals surface area contributed by atoms with Crippen molar-refractivity contribution < 1.29 is 31.9 Å². The Morgan fingerprint density at radius 1 is 1.44 bits per heavy atom. The highest BCUT2D eigenvalue weighted by Crippen LogP contribution is 2.26. The van der Waals surface area contributed by atoms with E-state index in [9.17, 15) is 4.79 Å². The Balaban J connectivity index is 0.00000120. The SMILES string of the molecule is O=C(O)CC1NCc2cc3ccccc3[nH+]c21.[Br-]. The maximum Gasteiger partial charge on any atom is 0.305 e. The van der Waals surface area contributed by atoms with E-state index in [1.54, 1.807) is 0 Å². The van der Waals surface area contributed by atoms with E-state index in [0.717, 1.165) is 28.7 Å². The van der Waals surface area contributed by atoms with E-state index in [0.29, 0.717) is 0 Å². The zero-order valence-electron chi connectivity index (χ0n) is 9.61. The Labute approximate surface area is 115 Å². The first-order valence-electron chi connectivity index (χ1n) is 5.63. The molecule has 0 spiro atoms. The number of hydrogen-bond acceptors (Lipinski definition) is 2. The minimum atomic E-state index is -0.781. The number of rotatable bonds is 2. The largest absolute Gasteiger partial charge is 1.00 e. The number of pyridine rings is 1. The van der Waals surface area contributed by atoms with Gasteiger partial charge in [-0.05, 0) is 12.1 Å². The third kappa shape index (κ3) is 2.23. The zero-order valence-corrected chi connectivity index (χ0v) is 11.2. The molecule has 18 heavy (non-hydrogen) atoms. The monoisotopic (exact) mass is 308 g/mol. The number of aromatic nitrogens is 1. The summed E-state index contributed by atoms with van der Waals surface area (Å²) >= 11 is 0. The summed E-state index contributed by atoms with van der Waals surface area (Å²) in [4.78, 5) is 14.1. The highest BCUT2D eigenvalue weighted by molar-refractivity contribution is 5.76. The van der Waals surface area contributed by atoms with Gasteiger partial charge in [0.25, 0.3) is 0 Å². The van der Waals surface area contributed by atoms with Gasteiger partial charge in [-0.3, -0.25) is 4.79 Å². The molecule has 0 amide bonds. The number of para-hydroxylation sites is 1. The average molecular weight is 309 g/mol. The van der Waals surface area contributed by atoms with Crippen LogP contribution in [-0.2, 0) is 11.3 Å². The number of aromatic amines is 1. The summed E-state index contributed by atoms with van der Waals surface area (Å²) in [5, 5.41) is 13.2. The number of halogens is 1. The van der Waals surface area contributed by atoms with Crippen molar-refractivity contribution in [3.63, 3.8) is 0 Å². The Hall–Kier alpha value is -1.46. The van der Waals surface area contributed by atoms with Gasteiger partial charge in [-0.1, -0.05) is 12.1 Å². The fourth-order valence-electron chi connectivity index (χ4n) is 2.37. The van der Waals surface area contributed by atoms with Gasteiger partial charge < -0.3 is 27.4 Å². The molecule has 0 fully saturated rings. The van der Waals surface area contributed by atoms with Crippen LogP contribution in [0.25, 0.3) is 10.9 Å². The number of benzene rings is 1. The summed E-state index contributed by atoms with van der Waals surface area (Å²) in [6.45, 7) is 0.731. The van der Waals surface area contributed by atoms with E-state index in [4.69, 9.17) is 5.11 Å². The second kappa shape index (κ2) is 5.04. The standard InChI is InChI=1S/C13H12N2O2.BrH/c16-12(17)6-11-13-9(7-14-11)5-8-3-1-2-4-10(8)15-13;/h1-5,11,14H,6-7H2,(H,16,17);1H. The topological polar surface area (TPSA) is 63.5 Å². The number of H-pyrrole nitrogens is 1. The predicted molar refractivity (Wildman–Crippen MR) is 62.3 cm³/mol. The Kier molecular flexibility index (Phi) is 3.63. The molecule has 0 saturated heterocycles. The number of aliphatic carboxylic acids is 1. The van der Waals surface area contributed by atoms with Gasteiger partial charge >= 0.3 is 5.97 Å². The van der Waals surface area contributed by atoms with Crippen LogP contribution in [0.2, 0.25) is 0 Å². The molecule has 3 N–H and O–H groups in total. The minimum absolute atomic E-state index is 0. The molecule has 1 aliphatic rings. The highest BCUT2D eigenvalue weighted by atomic mass is 79.9. The first-order chi connectivity index (χ1) is 8.24. The number of carboxylic acid groups (broad SMARTS) is 1. The van der Waals surface area contributed by atoms with Gasteiger partial charge in [-0.25, -0.2) is 4.98 Å². The van der Waals surface area contributed by atoms with Crippen LogP contribution < -0.4 is 27.3 Å². The molecule has 0 aliphatic carbocycles. The third-order valence-corrected chi connectivity index (χ3v) is 3.17. The van der Waals surface area contributed by atoms with Crippen LogP contribution in [0, 0.1) is 0 Å². The summed E-state index contributed by atoms with van der Waals surface area (Å²) in [7, 11) is 0. The van der Waals surface area contributed by atoms with Gasteiger partial charge in [0.2, 0.25) is 11.2 Å². The molecule has 1 aliphatic heterocycles. The van der Waals surface area contributed by atoms with Crippen molar-refractivity contribution in [3.8, 4) is 0 Å². The molecule has 5 heteroatoms. The minimum Gasteiger partial charge on any atom is -1.00 e. The fraction of sp³-hybridized carbons (Fsp3) is 0.231. The number of nitrogens with one attached hydrogen (secondary N) is 2. The van der Waals surface area contributed by atoms with Crippen molar-refractivity contribution in [3.05, 3.63) is 41.6 Å². The number of carbonyl (C=O) groups is 1. The van der Waals surface area contributed by atoms with E-state index >= 15 is 0 Å². The van der Waals surface area contributed by atoms with Gasteiger partial charge in [0.15, 0.2) is 0 Å². The number of hydrogen-bond donors (Lipinski definition) is 2. The van der Waals surface area contributed by atoms with Crippen LogP contribution in [0.5, 0.6) is 0 Å². The van der Waals surface area contributed by atoms with E-state index in [1.807, 2.05) is 18.2 Å². The molecular formula is C13H13BrN2O2. The smallest absolute Gasteiger partial charge is 0.305 e. The zero-order chi connectivity index (χ0) is 11.8. The van der Waals surface area contributed by atoms with Gasteiger partial charge in [0.1, 0.15) is 6.04 Å². The summed E-state index contributed by atoms with van der Waals surface area (Å²) in [6.07, 6.45) is 0.113. The van der Waals surface area contributed by atoms with Crippen molar-refractivity contribution in [1.82, 2.24) is 5.32 Å². The molecule has 1 unspecified atom stereocenters. The van der Waals surface area contributed by atoms with Crippen molar-refractivity contribution in [1.29, 1.82) is 0 Å². The molecule has 4 nitrogen and oxygen atoms in total. The van der Waals surface area contributed by atoms with Gasteiger partial charge in [0.05, 0.1) is 6.42 Å². The quantitative estimate of drug-likeness (QED) is 0.693. The van der Waals surface area contributed by atoms with Crippen molar-refractivity contribution >= 4 is 16.9 Å². The van der Waals surface area contributed by atoms with E-state index in [-0.39, 0.29) is 29.4 Å². The molecule has 2 aromatic rings. The van der Waals surface area contributed by atoms with Crippen LogP contribution in [0.15, 0.2) is 30.3 Å². The molecule has 0 bridgehead atoms. The highest BCUT2D eigenvalue weighted by Gasteiger charge is 2.30. The first kappa shape index (κ1) is 13.0. The third-order valence-electron chi connectivity index (χ3n) is 3.17. The molecule has 0 radical (unpaired) electrons. The van der Waals surface area contributed by atoms with Crippen LogP contribution in [0.1, 0.15) is 23.7 Å². The molecule has 94 valence electrons. The first-order valence-corrected chi connectivity index (χ1v) is 5.63. The lowest BCUT2D eigenvalue weighted by Gasteiger charge is -2.03. The Morgan fingerprint density at radius 3 is 3.00 bits per heavy atom. The summed E-state index contributed by atoms with van der Waals surface area (Å²) in [5.41, 5.74) is 3.21. The van der Waals surface area contributed by atoms with Crippen LogP contribution in [0.3, 0.4) is 0 Å². The number of carboxylic acids is 1. The van der Waals surface area contributed by atoms with Crippen molar-refractivity contribution in [2.24, 2.45) is 0 Å². The van der Waals surface area contributed by atoms with Gasteiger partial charge in [-0.15, -0.1) is 0 Å². The lowest BCUT2D eigenvalue weighted by molar-refractivity contribution is -0.360. The van der Waals surface area contributed by atoms with Crippen molar-refractivity contribution in [2.45, 2.75) is 19.0 Å². The fourth-order valence-corrected chi connectivity index (χ4v) is 2.37. The van der Waals surface area contributed by atoms with E-state index in [1.165, 1.54) is 0 Å². The van der Waals surface area contributed by atoms with Crippen molar-refractivity contribution in [2.75, 3.05) is 0 Å². The van der Waals surface area contributed by atoms with E-state index in [2.05, 4.69) is 22.4 Å². The Morgan fingerprint density at radius 2 is 2.22 bits per heavy atom. The van der Waals surface area contributed by atoms with Crippen LogP contribution in [0.4, 0.5) is 0 Å². The molecule has 3 rings (SSSR count). The second-order valence-electron chi connectivity index (χ2n) is 4.33. The lowest BCUT2D eigenvalue weighted by atomic mass is 10.1. The average Bonchev–Trinajstić information content (AvgIpc) is 2.68. The van der Waals surface area contributed by atoms with Crippen LogP contribution in [-0.4, -0.2) is 11.1 Å². The molecule has 0 saturated carbocycles. The molecule has 1 aromatic carbocycles. The summed E-state index contributed by atoms with van der Waals surface area (Å²) in [5.74, 6) is -0.781. The molecule has 1 aromatic heterocycles. The second-order valence-corrected chi connectivity index (χ2v) is 4.33. The van der Waals surface area contributed by atoms with E-state index < -0.39 is 5.97 Å². The molecular weight excluding hydrogens is 296 g/mol. The normalized spacial score (nSPS) is 17.2. The Bertz CT molecular complexity index is 601. The van der Waals surface area contributed by atoms with Gasteiger partial charge in [0, 0.05) is 23.6 Å². The number of fused-ring (bicyclic) bond motifs is 2. The summed E-state index contributed by atoms with van der Waals surface area (Å²) < 4.78 is 0.